The maximum atomic E-state index is 5.66. The maximum Gasteiger partial charge on any atom is 0.0223 e. The summed E-state index contributed by atoms with van der Waals surface area (Å²) in [5.74, 6) is 0.797. The van der Waals surface area contributed by atoms with Gasteiger partial charge in [0.05, 0.1) is 0 Å². The second-order valence-corrected chi connectivity index (χ2v) is 3.42. The van der Waals surface area contributed by atoms with Crippen LogP contribution in [0.15, 0.2) is 12.2 Å². The van der Waals surface area contributed by atoms with Crippen molar-refractivity contribution in [3.63, 3.8) is 0 Å². The van der Waals surface area contributed by atoms with E-state index in [2.05, 4.69) is 34.7 Å². The third-order valence-electron chi connectivity index (χ3n) is 1.70. The van der Waals surface area contributed by atoms with Crippen molar-refractivity contribution in [2.45, 2.75) is 18.9 Å². The largest absolute Gasteiger partial charge is 0.324 e. The Hall–Kier alpha value is 0.430. The molecule has 2 unspecified atom stereocenters. The minimum Gasteiger partial charge on any atom is -0.324 e. The van der Waals surface area contributed by atoms with Gasteiger partial charge in [0.15, 0.2) is 0 Å². The van der Waals surface area contributed by atoms with Crippen molar-refractivity contribution in [2.75, 3.05) is 4.43 Å². The molecule has 0 bridgehead atoms. The van der Waals surface area contributed by atoms with E-state index in [0.29, 0.717) is 6.04 Å². The molecule has 1 aliphatic rings. The Balaban J connectivity index is 2.38. The van der Waals surface area contributed by atoms with Crippen molar-refractivity contribution >= 4 is 22.6 Å². The summed E-state index contributed by atoms with van der Waals surface area (Å²) in [6.07, 6.45) is 6.83. The average Bonchev–Trinajstić information content (AvgIpc) is 1.90. The lowest BCUT2D eigenvalue weighted by Gasteiger charge is -2.17. The van der Waals surface area contributed by atoms with Gasteiger partial charge in [0.1, 0.15) is 0 Å². The van der Waals surface area contributed by atoms with Crippen LogP contribution in [0.2, 0.25) is 0 Å². The number of rotatable bonds is 1. The zero-order valence-electron chi connectivity index (χ0n) is 5.39. The van der Waals surface area contributed by atoms with Crippen molar-refractivity contribution in [3.8, 4) is 0 Å². The SMILES string of the molecule is NC1C=CC(CI)CC1. The Labute approximate surface area is 69.8 Å². The molecule has 1 nitrogen and oxygen atoms in total. The van der Waals surface area contributed by atoms with Gasteiger partial charge in [0, 0.05) is 10.5 Å². The molecule has 2 N–H and O–H groups in total. The lowest BCUT2D eigenvalue weighted by Crippen LogP contribution is -2.22. The van der Waals surface area contributed by atoms with Gasteiger partial charge in [-0.05, 0) is 18.8 Å². The Morgan fingerprint density at radius 2 is 2.22 bits per heavy atom. The van der Waals surface area contributed by atoms with E-state index in [0.717, 1.165) is 5.92 Å². The molecule has 2 atom stereocenters. The molecule has 0 saturated carbocycles. The molecule has 0 aliphatic heterocycles. The fourth-order valence-electron chi connectivity index (χ4n) is 1.03. The zero-order chi connectivity index (χ0) is 6.69. The van der Waals surface area contributed by atoms with Crippen LogP contribution in [0.1, 0.15) is 12.8 Å². The van der Waals surface area contributed by atoms with E-state index in [1.165, 1.54) is 17.3 Å². The van der Waals surface area contributed by atoms with E-state index < -0.39 is 0 Å². The summed E-state index contributed by atoms with van der Waals surface area (Å²) in [4.78, 5) is 0. The van der Waals surface area contributed by atoms with Gasteiger partial charge in [-0.25, -0.2) is 0 Å². The number of halogens is 1. The van der Waals surface area contributed by atoms with Crippen molar-refractivity contribution in [1.29, 1.82) is 0 Å². The predicted molar refractivity (Wildman–Crippen MR) is 48.7 cm³/mol. The summed E-state index contributed by atoms with van der Waals surface area (Å²) < 4.78 is 1.24. The molecule has 0 spiro atoms. The molecule has 9 heavy (non-hydrogen) atoms. The minimum atomic E-state index is 0.337. The Bertz CT molecular complexity index is 111. The third-order valence-corrected chi connectivity index (χ3v) is 2.83. The lowest BCUT2D eigenvalue weighted by molar-refractivity contribution is 0.552. The van der Waals surface area contributed by atoms with E-state index in [1.54, 1.807) is 0 Å². The highest BCUT2D eigenvalue weighted by Crippen LogP contribution is 2.17. The molecule has 0 amide bonds. The van der Waals surface area contributed by atoms with Crippen molar-refractivity contribution < 1.29 is 0 Å². The van der Waals surface area contributed by atoms with Crippen LogP contribution in [0.4, 0.5) is 0 Å². The first-order valence-corrected chi connectivity index (χ1v) is 4.85. The molecule has 0 fully saturated rings. The van der Waals surface area contributed by atoms with Gasteiger partial charge in [0.25, 0.3) is 0 Å². The first-order valence-electron chi connectivity index (χ1n) is 3.33. The average molecular weight is 237 g/mol. The summed E-state index contributed by atoms with van der Waals surface area (Å²) >= 11 is 2.42. The molecule has 1 rings (SSSR count). The van der Waals surface area contributed by atoms with Gasteiger partial charge >= 0.3 is 0 Å². The highest BCUT2D eigenvalue weighted by molar-refractivity contribution is 14.1. The standard InChI is InChI=1S/C7H12IN/c8-5-6-1-3-7(9)4-2-6/h1,3,6-7H,2,4-5,9H2. The van der Waals surface area contributed by atoms with Gasteiger partial charge < -0.3 is 5.73 Å². The maximum absolute atomic E-state index is 5.66. The first-order chi connectivity index (χ1) is 4.33. The predicted octanol–water partition coefficient (Wildman–Crippen LogP) is 1.71. The summed E-state index contributed by atoms with van der Waals surface area (Å²) in [6, 6.07) is 0.337. The van der Waals surface area contributed by atoms with Crippen LogP contribution >= 0.6 is 22.6 Å². The third kappa shape index (κ3) is 2.26. The molecule has 1 aliphatic carbocycles. The van der Waals surface area contributed by atoms with Crippen LogP contribution in [0, 0.1) is 5.92 Å². The van der Waals surface area contributed by atoms with Gasteiger partial charge in [-0.2, -0.15) is 0 Å². The smallest absolute Gasteiger partial charge is 0.0223 e. The normalized spacial score (nSPS) is 34.9. The number of allylic oxidation sites excluding steroid dienone is 1. The number of hydrogen-bond acceptors (Lipinski definition) is 1. The van der Waals surface area contributed by atoms with E-state index in [1.807, 2.05) is 0 Å². The highest BCUT2D eigenvalue weighted by atomic mass is 127. The first kappa shape index (κ1) is 7.54. The molecule has 0 aromatic heterocycles. The molecule has 0 saturated heterocycles. The fourth-order valence-corrected chi connectivity index (χ4v) is 1.76. The van der Waals surface area contributed by atoms with E-state index in [4.69, 9.17) is 5.73 Å². The van der Waals surface area contributed by atoms with Crippen LogP contribution in [0.3, 0.4) is 0 Å². The Morgan fingerprint density at radius 3 is 2.67 bits per heavy atom. The lowest BCUT2D eigenvalue weighted by atomic mass is 9.95. The molecular weight excluding hydrogens is 225 g/mol. The van der Waals surface area contributed by atoms with Gasteiger partial charge in [-0.15, -0.1) is 0 Å². The van der Waals surface area contributed by atoms with E-state index >= 15 is 0 Å². The molecule has 0 aromatic rings. The molecule has 0 aromatic carbocycles. The molecule has 2 heteroatoms. The number of nitrogens with two attached hydrogens (primary N) is 1. The second-order valence-electron chi connectivity index (χ2n) is 2.54. The fraction of sp³-hybridized carbons (Fsp3) is 0.714. The van der Waals surface area contributed by atoms with Crippen LogP contribution in [-0.2, 0) is 0 Å². The van der Waals surface area contributed by atoms with Gasteiger partial charge in [0.2, 0.25) is 0 Å². The Morgan fingerprint density at radius 1 is 1.44 bits per heavy atom. The van der Waals surface area contributed by atoms with Gasteiger partial charge in [-0.1, -0.05) is 34.7 Å². The van der Waals surface area contributed by atoms with Crippen LogP contribution in [0.5, 0.6) is 0 Å². The van der Waals surface area contributed by atoms with Crippen molar-refractivity contribution in [2.24, 2.45) is 11.7 Å². The summed E-state index contributed by atoms with van der Waals surface area (Å²) in [5.41, 5.74) is 5.66. The molecule has 0 heterocycles. The van der Waals surface area contributed by atoms with Gasteiger partial charge in [-0.3, -0.25) is 0 Å². The summed E-state index contributed by atoms with van der Waals surface area (Å²) in [7, 11) is 0. The number of alkyl halides is 1. The van der Waals surface area contributed by atoms with Crippen LogP contribution in [-0.4, -0.2) is 10.5 Å². The topological polar surface area (TPSA) is 26.0 Å². The summed E-state index contributed by atoms with van der Waals surface area (Å²) in [5, 5.41) is 0. The Kier molecular flexibility index (Phi) is 2.98. The number of hydrogen-bond donors (Lipinski definition) is 1. The quantitative estimate of drug-likeness (QED) is 0.419. The monoisotopic (exact) mass is 237 g/mol. The minimum absolute atomic E-state index is 0.337. The van der Waals surface area contributed by atoms with E-state index in [9.17, 15) is 0 Å². The molecule has 0 radical (unpaired) electrons. The van der Waals surface area contributed by atoms with Crippen molar-refractivity contribution in [1.82, 2.24) is 0 Å². The second kappa shape index (κ2) is 3.56. The molecule has 52 valence electrons. The summed E-state index contributed by atoms with van der Waals surface area (Å²) in [6.45, 7) is 0. The van der Waals surface area contributed by atoms with Crippen LogP contribution in [0.25, 0.3) is 0 Å². The van der Waals surface area contributed by atoms with Crippen molar-refractivity contribution in [3.05, 3.63) is 12.2 Å². The highest BCUT2D eigenvalue weighted by Gasteiger charge is 2.10. The molecular formula is C7H12IN. The van der Waals surface area contributed by atoms with E-state index in [-0.39, 0.29) is 0 Å². The van der Waals surface area contributed by atoms with Crippen LogP contribution < -0.4 is 5.73 Å². The zero-order valence-corrected chi connectivity index (χ0v) is 7.54.